The molecular formula is C14H21F2N3O2. The molecule has 5 nitrogen and oxygen atoms in total. The van der Waals surface area contributed by atoms with E-state index in [1.54, 1.807) is 13.8 Å². The van der Waals surface area contributed by atoms with Gasteiger partial charge < -0.3 is 20.6 Å². The van der Waals surface area contributed by atoms with Gasteiger partial charge in [0.25, 0.3) is 0 Å². The molecule has 0 fully saturated rings. The first-order chi connectivity index (χ1) is 9.66. The number of anilines is 2. The van der Waals surface area contributed by atoms with Gasteiger partial charge in [-0.1, -0.05) is 6.92 Å². The van der Waals surface area contributed by atoms with Crippen LogP contribution in [0.2, 0.25) is 0 Å². The second-order valence-corrected chi connectivity index (χ2v) is 5.34. The van der Waals surface area contributed by atoms with Crippen LogP contribution in [-0.2, 0) is 0 Å². The van der Waals surface area contributed by atoms with Crippen molar-refractivity contribution in [2.45, 2.75) is 25.9 Å². The molecule has 0 aliphatic rings. The highest BCUT2D eigenvalue weighted by atomic mass is 19.1. The lowest BCUT2D eigenvalue weighted by atomic mass is 10.0. The Morgan fingerprint density at radius 1 is 1.33 bits per heavy atom. The quantitative estimate of drug-likeness (QED) is 0.782. The molecule has 1 aromatic carbocycles. The molecule has 0 unspecified atom stereocenters. The Hall–Kier alpha value is -1.89. The Morgan fingerprint density at radius 3 is 2.29 bits per heavy atom. The van der Waals surface area contributed by atoms with Gasteiger partial charge in [0.2, 0.25) is 0 Å². The normalized spacial score (nSPS) is 13.5. The van der Waals surface area contributed by atoms with Gasteiger partial charge >= 0.3 is 6.03 Å². The summed E-state index contributed by atoms with van der Waals surface area (Å²) in [5, 5.41) is 14.5. The molecule has 0 aliphatic carbocycles. The first-order valence-electron chi connectivity index (χ1n) is 6.60. The maximum absolute atomic E-state index is 13.7. The molecule has 0 bridgehead atoms. The lowest BCUT2D eigenvalue weighted by Crippen LogP contribution is -2.41. The summed E-state index contributed by atoms with van der Waals surface area (Å²) >= 11 is 0. The van der Waals surface area contributed by atoms with Crippen molar-refractivity contribution in [1.82, 2.24) is 5.32 Å². The summed E-state index contributed by atoms with van der Waals surface area (Å²) in [6.45, 7) is 3.40. The molecule has 3 N–H and O–H groups in total. The molecule has 2 amide bonds. The van der Waals surface area contributed by atoms with Crippen LogP contribution in [-0.4, -0.2) is 37.4 Å². The van der Waals surface area contributed by atoms with Crippen molar-refractivity contribution in [2.24, 2.45) is 0 Å². The van der Waals surface area contributed by atoms with Gasteiger partial charge in [0.1, 0.15) is 5.69 Å². The molecule has 1 aromatic rings. The van der Waals surface area contributed by atoms with E-state index in [2.05, 4.69) is 10.6 Å². The third-order valence-electron chi connectivity index (χ3n) is 3.11. The number of carbonyl (C=O) groups is 1. The van der Waals surface area contributed by atoms with Crippen LogP contribution >= 0.6 is 0 Å². The molecule has 1 rings (SSSR count). The number of rotatable bonds is 5. The SMILES string of the molecule is CC[C@@](C)(O)CNC(=O)Nc1cc(F)c(N(C)C)c(F)c1. The van der Waals surface area contributed by atoms with Crippen molar-refractivity contribution in [3.63, 3.8) is 0 Å². The van der Waals surface area contributed by atoms with E-state index < -0.39 is 23.3 Å². The molecule has 0 radical (unpaired) electrons. The molecule has 118 valence electrons. The number of benzene rings is 1. The van der Waals surface area contributed by atoms with Gasteiger partial charge in [-0.2, -0.15) is 0 Å². The zero-order chi connectivity index (χ0) is 16.2. The molecule has 1 atom stereocenters. The van der Waals surface area contributed by atoms with Crippen molar-refractivity contribution >= 4 is 17.4 Å². The largest absolute Gasteiger partial charge is 0.388 e. The summed E-state index contributed by atoms with van der Waals surface area (Å²) in [6, 6.07) is 1.44. The maximum atomic E-state index is 13.7. The highest BCUT2D eigenvalue weighted by Crippen LogP contribution is 2.25. The molecule has 0 aliphatic heterocycles. The Kier molecular flexibility index (Phi) is 5.48. The molecule has 0 saturated carbocycles. The van der Waals surface area contributed by atoms with E-state index in [1.807, 2.05) is 0 Å². The fourth-order valence-electron chi connectivity index (χ4n) is 1.64. The van der Waals surface area contributed by atoms with Crippen molar-refractivity contribution in [1.29, 1.82) is 0 Å². The average molecular weight is 301 g/mol. The van der Waals surface area contributed by atoms with E-state index in [9.17, 15) is 18.7 Å². The highest BCUT2D eigenvalue weighted by molar-refractivity contribution is 5.89. The van der Waals surface area contributed by atoms with Crippen LogP contribution in [0.15, 0.2) is 12.1 Å². The number of urea groups is 1. The minimum atomic E-state index is -1.03. The van der Waals surface area contributed by atoms with E-state index in [4.69, 9.17) is 0 Å². The van der Waals surface area contributed by atoms with Crippen molar-refractivity contribution < 1.29 is 18.7 Å². The van der Waals surface area contributed by atoms with Crippen LogP contribution in [0, 0.1) is 11.6 Å². The second kappa shape index (κ2) is 6.71. The molecule has 0 spiro atoms. The van der Waals surface area contributed by atoms with Gasteiger partial charge in [-0.3, -0.25) is 0 Å². The minimum Gasteiger partial charge on any atom is -0.388 e. The monoisotopic (exact) mass is 301 g/mol. The smallest absolute Gasteiger partial charge is 0.319 e. The third kappa shape index (κ3) is 4.86. The van der Waals surface area contributed by atoms with Gasteiger partial charge in [0, 0.05) is 26.3 Å². The predicted octanol–water partition coefficient (Wildman–Crippen LogP) is 2.31. The molecule has 7 heteroatoms. The number of hydrogen-bond acceptors (Lipinski definition) is 3. The summed E-state index contributed by atoms with van der Waals surface area (Å²) in [5.41, 5.74) is -1.19. The van der Waals surface area contributed by atoms with Gasteiger partial charge in [-0.15, -0.1) is 0 Å². The predicted molar refractivity (Wildman–Crippen MR) is 78.6 cm³/mol. The van der Waals surface area contributed by atoms with E-state index in [0.29, 0.717) is 6.42 Å². The molecule has 0 saturated heterocycles. The lowest BCUT2D eigenvalue weighted by Gasteiger charge is -2.21. The summed E-state index contributed by atoms with van der Waals surface area (Å²) < 4.78 is 27.5. The Balaban J connectivity index is 2.74. The number of hydrogen-bond donors (Lipinski definition) is 3. The number of amides is 2. The first kappa shape index (κ1) is 17.2. The average Bonchev–Trinajstić information content (AvgIpc) is 2.35. The van der Waals surface area contributed by atoms with Gasteiger partial charge in [0.05, 0.1) is 5.60 Å². The highest BCUT2D eigenvalue weighted by Gasteiger charge is 2.19. The van der Waals surface area contributed by atoms with Crippen LogP contribution in [0.1, 0.15) is 20.3 Å². The zero-order valence-corrected chi connectivity index (χ0v) is 12.6. The topological polar surface area (TPSA) is 64.6 Å². The summed E-state index contributed by atoms with van der Waals surface area (Å²) in [5.74, 6) is -1.54. The van der Waals surface area contributed by atoms with Crippen LogP contribution in [0.25, 0.3) is 0 Å². The first-order valence-corrected chi connectivity index (χ1v) is 6.60. The number of nitrogens with one attached hydrogen (secondary N) is 2. The van der Waals surface area contributed by atoms with Crippen molar-refractivity contribution in [3.8, 4) is 0 Å². The van der Waals surface area contributed by atoms with Gasteiger partial charge in [-0.05, 0) is 25.5 Å². The number of carbonyl (C=O) groups excluding carboxylic acids is 1. The number of nitrogens with zero attached hydrogens (tertiary/aromatic N) is 1. The van der Waals surface area contributed by atoms with Crippen molar-refractivity contribution in [3.05, 3.63) is 23.8 Å². The molecular weight excluding hydrogens is 280 g/mol. The van der Waals surface area contributed by atoms with Gasteiger partial charge in [-0.25, -0.2) is 13.6 Å². The van der Waals surface area contributed by atoms with E-state index in [-0.39, 0.29) is 17.9 Å². The fraction of sp³-hybridized carbons (Fsp3) is 0.500. The summed E-state index contributed by atoms with van der Waals surface area (Å²) in [7, 11) is 3.04. The number of halogens is 2. The Bertz CT molecular complexity index is 496. The van der Waals surface area contributed by atoms with E-state index in [0.717, 1.165) is 12.1 Å². The molecule has 21 heavy (non-hydrogen) atoms. The zero-order valence-electron chi connectivity index (χ0n) is 12.6. The lowest BCUT2D eigenvalue weighted by molar-refractivity contribution is 0.0587. The molecule has 0 heterocycles. The van der Waals surface area contributed by atoms with E-state index in [1.165, 1.54) is 19.0 Å². The van der Waals surface area contributed by atoms with Crippen LogP contribution in [0.4, 0.5) is 25.0 Å². The number of aliphatic hydroxyl groups is 1. The summed E-state index contributed by atoms with van der Waals surface area (Å²) in [4.78, 5) is 12.9. The van der Waals surface area contributed by atoms with Crippen LogP contribution < -0.4 is 15.5 Å². The molecule has 0 aromatic heterocycles. The third-order valence-corrected chi connectivity index (χ3v) is 3.11. The fourth-order valence-corrected chi connectivity index (χ4v) is 1.64. The Morgan fingerprint density at radius 2 is 1.86 bits per heavy atom. The summed E-state index contributed by atoms with van der Waals surface area (Å²) in [6.07, 6.45) is 0.466. The maximum Gasteiger partial charge on any atom is 0.319 e. The van der Waals surface area contributed by atoms with Crippen LogP contribution in [0.5, 0.6) is 0 Å². The minimum absolute atomic E-state index is 0.00393. The second-order valence-electron chi connectivity index (χ2n) is 5.34. The Labute approximate surface area is 122 Å². The van der Waals surface area contributed by atoms with Crippen molar-refractivity contribution in [2.75, 3.05) is 30.9 Å². The van der Waals surface area contributed by atoms with Crippen LogP contribution in [0.3, 0.4) is 0 Å². The standard InChI is InChI=1S/C14H21F2N3O2/c1-5-14(2,21)8-17-13(20)18-9-6-10(15)12(19(3)4)11(16)7-9/h6-7,21H,5,8H2,1-4H3,(H2,17,18,20)/t14-/m1/s1. The van der Waals surface area contributed by atoms with Gasteiger partial charge in [0.15, 0.2) is 11.6 Å². The van der Waals surface area contributed by atoms with E-state index >= 15 is 0 Å².